The van der Waals surface area contributed by atoms with E-state index >= 15 is 0 Å². The first kappa shape index (κ1) is 16.2. The Morgan fingerprint density at radius 3 is 2.61 bits per heavy atom. The van der Waals surface area contributed by atoms with Crippen LogP contribution in [0.1, 0.15) is 22.8 Å². The summed E-state index contributed by atoms with van der Waals surface area (Å²) >= 11 is 6.80. The molecule has 3 rings (SSSR count). The molecular formula is C17H13Br2NO3. The van der Waals surface area contributed by atoms with Gasteiger partial charge in [0.05, 0.1) is 24.4 Å². The Morgan fingerprint density at radius 1 is 1.13 bits per heavy atom. The molecule has 1 aliphatic heterocycles. The van der Waals surface area contributed by atoms with Gasteiger partial charge < -0.3 is 4.74 Å². The summed E-state index contributed by atoms with van der Waals surface area (Å²) in [6.07, 6.45) is 0. The number of fused-ring (bicyclic) bond motifs is 1. The van der Waals surface area contributed by atoms with Crippen molar-refractivity contribution in [2.45, 2.75) is 13.5 Å². The standard InChI is InChI=1S/C17H13Br2NO3/c1-2-23-14-6-4-3-5-10(14)9-20-15-12(16(21)17(20)22)7-11(18)8-13(15)19/h3-8H,2,9H2,1H3. The molecule has 0 atom stereocenters. The van der Waals surface area contributed by atoms with Gasteiger partial charge in [0.1, 0.15) is 5.75 Å². The van der Waals surface area contributed by atoms with Crippen LogP contribution in [0, 0.1) is 0 Å². The fraction of sp³-hybridized carbons (Fsp3) is 0.176. The number of hydrogen-bond donors (Lipinski definition) is 0. The van der Waals surface area contributed by atoms with Crippen molar-refractivity contribution in [2.75, 3.05) is 11.5 Å². The van der Waals surface area contributed by atoms with Crippen molar-refractivity contribution < 1.29 is 14.3 Å². The predicted molar refractivity (Wildman–Crippen MR) is 95.0 cm³/mol. The molecule has 1 heterocycles. The maximum absolute atomic E-state index is 12.4. The summed E-state index contributed by atoms with van der Waals surface area (Å²) < 4.78 is 7.06. The highest BCUT2D eigenvalue weighted by atomic mass is 79.9. The average molecular weight is 439 g/mol. The van der Waals surface area contributed by atoms with Crippen molar-refractivity contribution in [1.29, 1.82) is 0 Å². The quantitative estimate of drug-likeness (QED) is 0.667. The molecule has 1 amide bonds. The molecular weight excluding hydrogens is 426 g/mol. The third kappa shape index (κ3) is 2.93. The first-order valence-electron chi connectivity index (χ1n) is 7.09. The van der Waals surface area contributed by atoms with Crippen molar-refractivity contribution in [3.63, 3.8) is 0 Å². The lowest BCUT2D eigenvalue weighted by molar-refractivity contribution is -0.114. The largest absolute Gasteiger partial charge is 0.494 e. The number of amides is 1. The van der Waals surface area contributed by atoms with Crippen molar-refractivity contribution >= 4 is 49.2 Å². The second kappa shape index (κ2) is 6.45. The molecule has 1 aliphatic rings. The number of benzene rings is 2. The average Bonchev–Trinajstić information content (AvgIpc) is 2.75. The van der Waals surface area contributed by atoms with Crippen LogP contribution in [0.2, 0.25) is 0 Å². The number of anilines is 1. The maximum atomic E-state index is 12.4. The van der Waals surface area contributed by atoms with Crippen molar-refractivity contribution in [2.24, 2.45) is 0 Å². The molecule has 23 heavy (non-hydrogen) atoms. The molecule has 6 heteroatoms. The van der Waals surface area contributed by atoms with Gasteiger partial charge in [-0.2, -0.15) is 0 Å². The lowest BCUT2D eigenvalue weighted by Crippen LogP contribution is -2.29. The fourth-order valence-corrected chi connectivity index (χ4v) is 4.04. The zero-order valence-electron chi connectivity index (χ0n) is 12.3. The van der Waals surface area contributed by atoms with Gasteiger partial charge >= 0.3 is 0 Å². The molecule has 0 unspecified atom stereocenters. The van der Waals surface area contributed by atoms with Crippen LogP contribution in [-0.2, 0) is 11.3 Å². The molecule has 118 valence electrons. The van der Waals surface area contributed by atoms with E-state index in [1.807, 2.05) is 37.3 Å². The van der Waals surface area contributed by atoms with Gasteiger partial charge in [-0.3, -0.25) is 14.5 Å². The number of carbonyl (C=O) groups excluding carboxylic acids is 2. The summed E-state index contributed by atoms with van der Waals surface area (Å²) in [5.41, 5.74) is 1.87. The number of rotatable bonds is 4. The van der Waals surface area contributed by atoms with Crippen LogP contribution >= 0.6 is 31.9 Å². The molecule has 0 radical (unpaired) electrons. The molecule has 0 N–H and O–H groups in total. The van der Waals surface area contributed by atoms with E-state index < -0.39 is 11.7 Å². The predicted octanol–water partition coefficient (Wildman–Crippen LogP) is 4.34. The minimum atomic E-state index is -0.523. The Labute approximate surface area is 150 Å². The molecule has 2 aromatic rings. The van der Waals surface area contributed by atoms with E-state index in [1.165, 1.54) is 4.90 Å². The monoisotopic (exact) mass is 437 g/mol. The Kier molecular flexibility index (Phi) is 4.55. The zero-order chi connectivity index (χ0) is 16.6. The molecule has 2 aromatic carbocycles. The number of carbonyl (C=O) groups is 2. The molecule has 0 spiro atoms. The molecule has 0 bridgehead atoms. The number of hydrogen-bond acceptors (Lipinski definition) is 3. The maximum Gasteiger partial charge on any atom is 0.299 e. The molecule has 0 aromatic heterocycles. The number of halogens is 2. The second-order valence-corrected chi connectivity index (χ2v) is 6.81. The summed E-state index contributed by atoms with van der Waals surface area (Å²) in [7, 11) is 0. The number of ketones is 1. The van der Waals surface area contributed by atoms with Crippen LogP contribution in [0.5, 0.6) is 5.75 Å². The lowest BCUT2D eigenvalue weighted by Gasteiger charge is -2.20. The molecule has 0 aliphatic carbocycles. The van der Waals surface area contributed by atoms with Crippen molar-refractivity contribution in [3.8, 4) is 5.75 Å². The Bertz CT molecular complexity index is 804. The van der Waals surface area contributed by atoms with Crippen LogP contribution in [0.4, 0.5) is 5.69 Å². The van der Waals surface area contributed by atoms with Gasteiger partial charge in [0.25, 0.3) is 11.7 Å². The summed E-state index contributed by atoms with van der Waals surface area (Å²) in [6, 6.07) is 11.0. The van der Waals surface area contributed by atoms with Gasteiger partial charge in [-0.05, 0) is 41.1 Å². The van der Waals surface area contributed by atoms with Gasteiger partial charge in [0, 0.05) is 14.5 Å². The van der Waals surface area contributed by atoms with Crippen molar-refractivity contribution in [3.05, 3.63) is 56.5 Å². The van der Waals surface area contributed by atoms with Gasteiger partial charge in [-0.15, -0.1) is 0 Å². The first-order valence-corrected chi connectivity index (χ1v) is 8.67. The summed E-state index contributed by atoms with van der Waals surface area (Å²) in [5, 5.41) is 0. The van der Waals surface area contributed by atoms with E-state index in [9.17, 15) is 9.59 Å². The van der Waals surface area contributed by atoms with Gasteiger partial charge in [-0.25, -0.2) is 0 Å². The van der Waals surface area contributed by atoms with Gasteiger partial charge in [0.2, 0.25) is 0 Å². The molecule has 4 nitrogen and oxygen atoms in total. The van der Waals surface area contributed by atoms with Crippen LogP contribution in [-0.4, -0.2) is 18.3 Å². The van der Waals surface area contributed by atoms with Gasteiger partial charge in [-0.1, -0.05) is 34.1 Å². The second-order valence-electron chi connectivity index (χ2n) is 5.04. The minimum Gasteiger partial charge on any atom is -0.494 e. The molecule has 0 saturated carbocycles. The van der Waals surface area contributed by atoms with E-state index in [0.29, 0.717) is 22.3 Å². The van der Waals surface area contributed by atoms with E-state index in [4.69, 9.17) is 4.74 Å². The molecule has 0 saturated heterocycles. The van der Waals surface area contributed by atoms with Crippen LogP contribution in [0.3, 0.4) is 0 Å². The minimum absolute atomic E-state index is 0.286. The lowest BCUT2D eigenvalue weighted by atomic mass is 10.1. The van der Waals surface area contributed by atoms with Crippen LogP contribution in [0.15, 0.2) is 45.3 Å². The zero-order valence-corrected chi connectivity index (χ0v) is 15.5. The third-order valence-corrected chi connectivity index (χ3v) is 4.65. The smallest absolute Gasteiger partial charge is 0.299 e. The Morgan fingerprint density at radius 2 is 1.87 bits per heavy atom. The number of nitrogens with zero attached hydrogens (tertiary/aromatic N) is 1. The number of para-hydroxylation sites is 1. The fourth-order valence-electron chi connectivity index (χ4n) is 2.60. The summed E-state index contributed by atoms with van der Waals surface area (Å²) in [6.45, 7) is 2.73. The van der Waals surface area contributed by atoms with Gasteiger partial charge in [0.15, 0.2) is 0 Å². The van der Waals surface area contributed by atoms with Crippen molar-refractivity contribution in [1.82, 2.24) is 0 Å². The normalized spacial score (nSPS) is 13.4. The highest BCUT2D eigenvalue weighted by Crippen LogP contribution is 2.39. The number of Topliss-reactive ketones (excluding diaryl/α,β-unsaturated/α-hetero) is 1. The van der Waals surface area contributed by atoms with E-state index in [0.717, 1.165) is 15.8 Å². The van der Waals surface area contributed by atoms with E-state index in [-0.39, 0.29) is 6.54 Å². The van der Waals surface area contributed by atoms with E-state index in [1.54, 1.807) is 6.07 Å². The molecule has 0 fully saturated rings. The van der Waals surface area contributed by atoms with E-state index in [2.05, 4.69) is 31.9 Å². The Hall–Kier alpha value is -1.66. The van der Waals surface area contributed by atoms with Crippen LogP contribution < -0.4 is 9.64 Å². The third-order valence-electron chi connectivity index (χ3n) is 3.58. The number of ether oxygens (including phenoxy) is 1. The topological polar surface area (TPSA) is 46.6 Å². The SMILES string of the molecule is CCOc1ccccc1CN1C(=O)C(=O)c2cc(Br)cc(Br)c21. The summed E-state index contributed by atoms with van der Waals surface area (Å²) in [5.74, 6) is -0.294. The highest BCUT2D eigenvalue weighted by molar-refractivity contribution is 9.11. The Balaban J connectivity index is 2.03. The van der Waals surface area contributed by atoms with Crippen LogP contribution in [0.25, 0.3) is 0 Å². The first-order chi connectivity index (χ1) is 11.0. The summed E-state index contributed by atoms with van der Waals surface area (Å²) in [4.78, 5) is 26.1. The highest BCUT2D eigenvalue weighted by Gasteiger charge is 2.38.